The summed E-state index contributed by atoms with van der Waals surface area (Å²) in [6.45, 7) is 0. The molecule has 0 saturated carbocycles. The van der Waals surface area contributed by atoms with Crippen LogP contribution in [0, 0.1) is 0 Å². The van der Waals surface area contributed by atoms with Crippen molar-refractivity contribution in [2.75, 3.05) is 0 Å². The van der Waals surface area contributed by atoms with Gasteiger partial charge in [0, 0.05) is 18.2 Å². The van der Waals surface area contributed by atoms with Gasteiger partial charge in [-0.25, -0.2) is 4.79 Å². The van der Waals surface area contributed by atoms with E-state index in [1.165, 1.54) is 18.2 Å². The zero-order valence-electron chi connectivity index (χ0n) is 12.2. The Morgan fingerprint density at radius 3 is 2.46 bits per heavy atom. The predicted octanol–water partition coefficient (Wildman–Crippen LogP) is 3.43. The highest BCUT2D eigenvalue weighted by Crippen LogP contribution is 2.29. The monoisotopic (exact) mass is 333 g/mol. The molecule has 7 heteroatoms. The number of alkyl halides is 3. The normalized spacial score (nSPS) is 12.0. The van der Waals surface area contributed by atoms with Gasteiger partial charge < -0.3 is 0 Å². The molecule has 0 fully saturated rings. The van der Waals surface area contributed by atoms with Gasteiger partial charge in [0.1, 0.15) is 0 Å². The molecule has 4 nitrogen and oxygen atoms in total. The molecule has 1 N–H and O–H groups in total. The van der Waals surface area contributed by atoms with Crippen molar-refractivity contribution in [1.82, 2.24) is 5.27 Å². The standard InChI is InChI=1S/C17H11F3N2O2/c18-17(19,20)13-7-4-8-14(11-13)22-15(16(23)24-21-22)10-9-12-5-2-1-3-6-12/h1-11H/p+1/b10-9+. The summed E-state index contributed by atoms with van der Waals surface area (Å²) in [6, 6.07) is 13.8. The van der Waals surface area contributed by atoms with Gasteiger partial charge >= 0.3 is 17.5 Å². The van der Waals surface area contributed by atoms with Crippen molar-refractivity contribution in [3.05, 3.63) is 81.8 Å². The molecule has 3 aromatic rings. The summed E-state index contributed by atoms with van der Waals surface area (Å²) in [5.74, 6) is 0. The van der Waals surface area contributed by atoms with Crippen LogP contribution in [0.15, 0.2) is 63.9 Å². The number of aromatic amines is 1. The minimum absolute atomic E-state index is 0.0816. The Morgan fingerprint density at radius 1 is 1.00 bits per heavy atom. The predicted molar refractivity (Wildman–Crippen MR) is 81.2 cm³/mol. The van der Waals surface area contributed by atoms with E-state index >= 15 is 0 Å². The molecule has 1 aromatic heterocycles. The van der Waals surface area contributed by atoms with Crippen molar-refractivity contribution in [2.45, 2.75) is 6.18 Å². The van der Waals surface area contributed by atoms with Crippen LogP contribution in [0.3, 0.4) is 0 Å². The zero-order chi connectivity index (χ0) is 17.2. The van der Waals surface area contributed by atoms with Crippen molar-refractivity contribution >= 4 is 12.2 Å². The first-order valence-electron chi connectivity index (χ1n) is 6.99. The van der Waals surface area contributed by atoms with E-state index in [9.17, 15) is 18.0 Å². The highest BCUT2D eigenvalue weighted by atomic mass is 19.4. The molecule has 0 bridgehead atoms. The molecule has 122 valence electrons. The Balaban J connectivity index is 2.02. The quantitative estimate of drug-likeness (QED) is 0.747. The Bertz CT molecular complexity index is 925. The average Bonchev–Trinajstić information content (AvgIpc) is 2.94. The fourth-order valence-electron chi connectivity index (χ4n) is 2.17. The maximum Gasteiger partial charge on any atom is 0.435 e. The summed E-state index contributed by atoms with van der Waals surface area (Å²) in [5.41, 5.74) is -0.428. The van der Waals surface area contributed by atoms with Gasteiger partial charge in [-0.15, -0.1) is 0 Å². The number of benzene rings is 2. The van der Waals surface area contributed by atoms with Crippen molar-refractivity contribution in [1.29, 1.82) is 0 Å². The van der Waals surface area contributed by atoms with E-state index in [1.54, 1.807) is 6.08 Å². The summed E-state index contributed by atoms with van der Waals surface area (Å²) in [6.07, 6.45) is -1.32. The van der Waals surface area contributed by atoms with E-state index < -0.39 is 17.4 Å². The van der Waals surface area contributed by atoms with Gasteiger partial charge in [0.2, 0.25) is 5.69 Å². The molecule has 0 unspecified atom stereocenters. The maximum absolute atomic E-state index is 12.8. The number of hydrogen-bond donors (Lipinski definition) is 1. The molecule has 0 radical (unpaired) electrons. The van der Waals surface area contributed by atoms with Gasteiger partial charge in [0.25, 0.3) is 0 Å². The van der Waals surface area contributed by atoms with E-state index in [4.69, 9.17) is 4.52 Å². The van der Waals surface area contributed by atoms with E-state index in [-0.39, 0.29) is 11.4 Å². The first kappa shape index (κ1) is 15.8. The van der Waals surface area contributed by atoms with Gasteiger partial charge in [-0.3, -0.25) is 4.52 Å². The average molecular weight is 333 g/mol. The first-order valence-corrected chi connectivity index (χ1v) is 6.99. The molecule has 3 rings (SSSR count). The third-order valence-corrected chi connectivity index (χ3v) is 3.34. The highest BCUT2D eigenvalue weighted by Gasteiger charge is 2.32. The van der Waals surface area contributed by atoms with Crippen LogP contribution in [0.25, 0.3) is 17.8 Å². The highest BCUT2D eigenvalue weighted by molar-refractivity contribution is 5.66. The van der Waals surface area contributed by atoms with Crippen molar-refractivity contribution in [3.63, 3.8) is 0 Å². The molecular formula is C17H12F3N2O2+. The number of nitrogens with one attached hydrogen (secondary N) is 1. The van der Waals surface area contributed by atoms with Gasteiger partial charge in [-0.2, -0.15) is 13.2 Å². The summed E-state index contributed by atoms with van der Waals surface area (Å²) in [7, 11) is 0. The number of H-pyrrole nitrogens is 1. The molecule has 0 aliphatic rings. The van der Waals surface area contributed by atoms with Crippen LogP contribution < -0.4 is 10.3 Å². The van der Waals surface area contributed by atoms with Crippen LogP contribution in [0.4, 0.5) is 13.2 Å². The lowest BCUT2D eigenvalue weighted by Gasteiger charge is -2.05. The molecule has 0 amide bonds. The number of hydrogen-bond acceptors (Lipinski definition) is 2. The Labute approximate surface area is 134 Å². The third-order valence-electron chi connectivity index (χ3n) is 3.34. The van der Waals surface area contributed by atoms with E-state index in [2.05, 4.69) is 5.27 Å². The second kappa shape index (κ2) is 6.19. The van der Waals surface area contributed by atoms with Gasteiger partial charge in [0.15, 0.2) is 0 Å². The molecule has 0 aliphatic carbocycles. The number of nitrogens with zero attached hydrogens (tertiary/aromatic N) is 1. The van der Waals surface area contributed by atoms with Crippen LogP contribution in [0.2, 0.25) is 0 Å². The molecular weight excluding hydrogens is 321 g/mol. The van der Waals surface area contributed by atoms with Crippen LogP contribution >= 0.6 is 0 Å². The fourth-order valence-corrected chi connectivity index (χ4v) is 2.17. The van der Waals surface area contributed by atoms with Gasteiger partial charge in [0.05, 0.1) is 5.56 Å². The Hall–Kier alpha value is -3.09. The van der Waals surface area contributed by atoms with Gasteiger partial charge in [-0.1, -0.05) is 36.4 Å². The topological polar surface area (TPSA) is 49.9 Å². The minimum Gasteiger partial charge on any atom is -0.282 e. The fraction of sp³-hybridized carbons (Fsp3) is 0.0588. The largest absolute Gasteiger partial charge is 0.435 e. The van der Waals surface area contributed by atoms with Crippen molar-refractivity contribution in [3.8, 4) is 5.69 Å². The summed E-state index contributed by atoms with van der Waals surface area (Å²) >= 11 is 0. The lowest BCUT2D eigenvalue weighted by Crippen LogP contribution is -2.37. The smallest absolute Gasteiger partial charge is 0.282 e. The lowest BCUT2D eigenvalue weighted by atomic mass is 10.2. The minimum atomic E-state index is -4.47. The van der Waals surface area contributed by atoms with E-state index in [1.807, 2.05) is 30.3 Å². The lowest BCUT2D eigenvalue weighted by molar-refractivity contribution is -0.672. The third kappa shape index (κ3) is 3.29. The number of rotatable bonds is 3. The molecule has 2 aromatic carbocycles. The number of halogens is 3. The molecule has 1 heterocycles. The number of aromatic nitrogens is 2. The van der Waals surface area contributed by atoms with E-state index in [0.717, 1.165) is 22.4 Å². The zero-order valence-corrected chi connectivity index (χ0v) is 12.2. The Morgan fingerprint density at radius 2 is 1.75 bits per heavy atom. The first-order chi connectivity index (χ1) is 11.4. The van der Waals surface area contributed by atoms with Crippen LogP contribution in [-0.2, 0) is 6.18 Å². The van der Waals surface area contributed by atoms with Crippen LogP contribution in [0.5, 0.6) is 0 Å². The second-order valence-electron chi connectivity index (χ2n) is 4.99. The SMILES string of the molecule is O=c1o[nH][n+](-c2cccc(C(F)(F)F)c2)c1/C=C/c1ccccc1. The molecule has 24 heavy (non-hydrogen) atoms. The maximum atomic E-state index is 12.8. The Kier molecular flexibility index (Phi) is 4.07. The van der Waals surface area contributed by atoms with E-state index in [0.29, 0.717) is 0 Å². The summed E-state index contributed by atoms with van der Waals surface area (Å²) < 4.78 is 44.4. The molecule has 0 atom stereocenters. The molecule has 0 aliphatic heterocycles. The summed E-state index contributed by atoms with van der Waals surface area (Å²) in [5, 5.41) is 2.32. The van der Waals surface area contributed by atoms with Crippen LogP contribution in [0.1, 0.15) is 16.8 Å². The molecule has 0 spiro atoms. The van der Waals surface area contributed by atoms with Gasteiger partial charge in [-0.05, 0) is 27.7 Å². The second-order valence-corrected chi connectivity index (χ2v) is 4.99. The molecule has 0 saturated heterocycles. The summed E-state index contributed by atoms with van der Waals surface area (Å²) in [4.78, 5) is 11.8. The van der Waals surface area contributed by atoms with Crippen LogP contribution in [-0.4, -0.2) is 5.27 Å². The van der Waals surface area contributed by atoms with Crippen molar-refractivity contribution in [2.24, 2.45) is 0 Å². The van der Waals surface area contributed by atoms with Crippen molar-refractivity contribution < 1.29 is 22.4 Å².